The summed E-state index contributed by atoms with van der Waals surface area (Å²) in [6.07, 6.45) is -1.77. The molecule has 0 radical (unpaired) electrons. The first-order valence-electron chi connectivity index (χ1n) is 6.48. The van der Waals surface area contributed by atoms with Gasteiger partial charge in [0.1, 0.15) is 6.10 Å². The van der Waals surface area contributed by atoms with Crippen molar-refractivity contribution in [1.29, 1.82) is 0 Å². The Kier molecular flexibility index (Phi) is 5.08. The monoisotopic (exact) mass is 281 g/mol. The van der Waals surface area contributed by atoms with E-state index in [-0.39, 0.29) is 18.6 Å². The van der Waals surface area contributed by atoms with E-state index >= 15 is 0 Å². The fourth-order valence-electron chi connectivity index (χ4n) is 2.24. The van der Waals surface area contributed by atoms with Crippen LogP contribution in [0.1, 0.15) is 16.8 Å². The number of aliphatic hydroxyl groups is 2. The van der Waals surface area contributed by atoms with Crippen LogP contribution in [0.25, 0.3) is 0 Å². The van der Waals surface area contributed by atoms with E-state index in [1.165, 1.54) is 7.11 Å². The SMILES string of the molecule is CO[C@@H]1O[C@H]([C@H](O)CO)C[C@H]1NC(=O)c1ccccc1. The maximum atomic E-state index is 12.1. The lowest BCUT2D eigenvalue weighted by Gasteiger charge is -2.18. The largest absolute Gasteiger partial charge is 0.394 e. The Morgan fingerprint density at radius 2 is 2.20 bits per heavy atom. The predicted molar refractivity (Wildman–Crippen MR) is 71.1 cm³/mol. The van der Waals surface area contributed by atoms with Crippen molar-refractivity contribution in [1.82, 2.24) is 5.32 Å². The molecule has 0 unspecified atom stereocenters. The van der Waals surface area contributed by atoms with Crippen LogP contribution in [0.5, 0.6) is 0 Å². The van der Waals surface area contributed by atoms with Crippen molar-refractivity contribution in [3.05, 3.63) is 35.9 Å². The zero-order valence-corrected chi connectivity index (χ0v) is 11.2. The Balaban J connectivity index is 1.99. The molecule has 1 aromatic carbocycles. The highest BCUT2D eigenvalue weighted by molar-refractivity contribution is 5.94. The van der Waals surface area contributed by atoms with Crippen LogP contribution in [-0.4, -0.2) is 54.4 Å². The second kappa shape index (κ2) is 6.81. The predicted octanol–water partition coefficient (Wildman–Crippen LogP) is -0.100. The number of aliphatic hydroxyl groups excluding tert-OH is 2. The van der Waals surface area contributed by atoms with Gasteiger partial charge in [-0.3, -0.25) is 4.79 Å². The van der Waals surface area contributed by atoms with Crippen molar-refractivity contribution in [2.24, 2.45) is 0 Å². The van der Waals surface area contributed by atoms with E-state index in [0.29, 0.717) is 12.0 Å². The van der Waals surface area contributed by atoms with Crippen LogP contribution in [0.3, 0.4) is 0 Å². The summed E-state index contributed by atoms with van der Waals surface area (Å²) in [6.45, 7) is -0.388. The summed E-state index contributed by atoms with van der Waals surface area (Å²) in [4.78, 5) is 12.1. The molecular weight excluding hydrogens is 262 g/mol. The molecule has 2 rings (SSSR count). The molecule has 110 valence electrons. The first kappa shape index (κ1) is 14.9. The Hall–Kier alpha value is -1.47. The molecule has 1 heterocycles. The number of methoxy groups -OCH3 is 1. The lowest BCUT2D eigenvalue weighted by atomic mass is 10.1. The molecule has 1 aliphatic heterocycles. The van der Waals surface area contributed by atoms with Gasteiger partial charge in [0.25, 0.3) is 5.91 Å². The maximum absolute atomic E-state index is 12.1. The van der Waals surface area contributed by atoms with Crippen molar-refractivity contribution in [2.45, 2.75) is 31.0 Å². The number of amides is 1. The first-order chi connectivity index (χ1) is 9.65. The van der Waals surface area contributed by atoms with Gasteiger partial charge in [-0.1, -0.05) is 18.2 Å². The Bertz CT molecular complexity index is 438. The summed E-state index contributed by atoms with van der Waals surface area (Å²) in [5, 5.41) is 21.4. The zero-order valence-electron chi connectivity index (χ0n) is 11.2. The molecule has 3 N–H and O–H groups in total. The second-order valence-corrected chi connectivity index (χ2v) is 4.71. The van der Waals surface area contributed by atoms with Crippen molar-refractivity contribution < 1.29 is 24.5 Å². The van der Waals surface area contributed by atoms with E-state index in [2.05, 4.69) is 5.32 Å². The summed E-state index contributed by atoms with van der Waals surface area (Å²) >= 11 is 0. The molecule has 1 saturated heterocycles. The van der Waals surface area contributed by atoms with Gasteiger partial charge in [0.15, 0.2) is 6.29 Å². The van der Waals surface area contributed by atoms with E-state index in [1.54, 1.807) is 24.3 Å². The molecule has 1 aromatic rings. The number of carbonyl (C=O) groups is 1. The third kappa shape index (κ3) is 3.34. The minimum atomic E-state index is -0.980. The Morgan fingerprint density at radius 3 is 2.80 bits per heavy atom. The van der Waals surface area contributed by atoms with Crippen LogP contribution in [0, 0.1) is 0 Å². The molecule has 0 aliphatic carbocycles. The summed E-state index contributed by atoms with van der Waals surface area (Å²) in [5.41, 5.74) is 0.550. The van der Waals surface area contributed by atoms with Gasteiger partial charge in [0.2, 0.25) is 0 Å². The van der Waals surface area contributed by atoms with E-state index in [1.807, 2.05) is 6.07 Å². The van der Waals surface area contributed by atoms with Gasteiger partial charge in [0.05, 0.1) is 18.8 Å². The molecule has 0 aromatic heterocycles. The van der Waals surface area contributed by atoms with Gasteiger partial charge in [-0.05, 0) is 12.1 Å². The Labute approximate surface area is 117 Å². The van der Waals surface area contributed by atoms with Gasteiger partial charge in [-0.25, -0.2) is 0 Å². The van der Waals surface area contributed by atoms with Gasteiger partial charge >= 0.3 is 0 Å². The minimum Gasteiger partial charge on any atom is -0.394 e. The zero-order chi connectivity index (χ0) is 14.5. The van der Waals surface area contributed by atoms with Crippen LogP contribution in [0.15, 0.2) is 30.3 Å². The minimum absolute atomic E-state index is 0.222. The van der Waals surface area contributed by atoms with Gasteiger partial charge in [-0.2, -0.15) is 0 Å². The summed E-state index contributed by atoms with van der Waals surface area (Å²) in [7, 11) is 1.47. The summed E-state index contributed by atoms with van der Waals surface area (Å²) < 4.78 is 10.6. The number of hydrogen-bond donors (Lipinski definition) is 3. The van der Waals surface area contributed by atoms with Crippen molar-refractivity contribution >= 4 is 5.91 Å². The lowest BCUT2D eigenvalue weighted by Crippen LogP contribution is -2.41. The summed E-state index contributed by atoms with van der Waals surface area (Å²) in [5.74, 6) is -0.222. The fraction of sp³-hybridized carbons (Fsp3) is 0.500. The molecule has 1 aliphatic rings. The van der Waals surface area contributed by atoms with Crippen LogP contribution in [0.2, 0.25) is 0 Å². The highest BCUT2D eigenvalue weighted by Gasteiger charge is 2.39. The quantitative estimate of drug-likeness (QED) is 0.701. The lowest BCUT2D eigenvalue weighted by molar-refractivity contribution is -0.148. The smallest absolute Gasteiger partial charge is 0.251 e. The normalized spacial score (nSPS) is 27.2. The third-order valence-electron chi connectivity index (χ3n) is 3.32. The van der Waals surface area contributed by atoms with E-state index in [0.717, 1.165) is 0 Å². The average Bonchev–Trinajstić information content (AvgIpc) is 2.90. The van der Waals surface area contributed by atoms with Gasteiger partial charge < -0.3 is 25.0 Å². The van der Waals surface area contributed by atoms with E-state index in [4.69, 9.17) is 14.6 Å². The van der Waals surface area contributed by atoms with Crippen molar-refractivity contribution in [3.63, 3.8) is 0 Å². The van der Waals surface area contributed by atoms with Crippen molar-refractivity contribution in [3.8, 4) is 0 Å². The Morgan fingerprint density at radius 1 is 1.50 bits per heavy atom. The molecule has 0 saturated carbocycles. The first-order valence-corrected chi connectivity index (χ1v) is 6.48. The van der Waals surface area contributed by atoms with Crippen molar-refractivity contribution in [2.75, 3.05) is 13.7 Å². The van der Waals surface area contributed by atoms with Crippen LogP contribution < -0.4 is 5.32 Å². The maximum Gasteiger partial charge on any atom is 0.251 e. The molecule has 0 spiro atoms. The number of hydrogen-bond acceptors (Lipinski definition) is 5. The van der Waals surface area contributed by atoms with Crippen LogP contribution >= 0.6 is 0 Å². The van der Waals surface area contributed by atoms with Crippen LogP contribution in [0.4, 0.5) is 0 Å². The van der Waals surface area contributed by atoms with Crippen LogP contribution in [-0.2, 0) is 9.47 Å². The molecular formula is C14H19NO5. The number of ether oxygens (including phenoxy) is 2. The topological polar surface area (TPSA) is 88.0 Å². The third-order valence-corrected chi connectivity index (χ3v) is 3.32. The average molecular weight is 281 g/mol. The number of nitrogens with one attached hydrogen (secondary N) is 1. The molecule has 1 fully saturated rings. The fourth-order valence-corrected chi connectivity index (χ4v) is 2.24. The molecule has 1 amide bonds. The highest BCUT2D eigenvalue weighted by atomic mass is 16.7. The van der Waals surface area contributed by atoms with E-state index < -0.39 is 18.5 Å². The number of carbonyl (C=O) groups excluding carboxylic acids is 1. The molecule has 6 nitrogen and oxygen atoms in total. The number of rotatable bonds is 5. The molecule has 0 bridgehead atoms. The standard InChI is InChI=1S/C14H19NO5/c1-19-14-10(7-12(20-14)11(17)8-16)15-13(18)9-5-3-2-4-6-9/h2-6,10-12,14,16-17H,7-8H2,1H3,(H,15,18)/t10-,11-,12+,14-/m1/s1. The number of benzene rings is 1. The van der Waals surface area contributed by atoms with E-state index in [9.17, 15) is 9.90 Å². The second-order valence-electron chi connectivity index (χ2n) is 4.71. The van der Waals surface area contributed by atoms with Gasteiger partial charge in [0, 0.05) is 19.1 Å². The summed E-state index contributed by atoms with van der Waals surface area (Å²) in [6, 6.07) is 8.47. The highest BCUT2D eigenvalue weighted by Crippen LogP contribution is 2.23. The molecule has 4 atom stereocenters. The molecule has 20 heavy (non-hydrogen) atoms. The van der Waals surface area contributed by atoms with Gasteiger partial charge in [-0.15, -0.1) is 0 Å². The molecule has 6 heteroatoms.